The Labute approximate surface area is 167 Å². The van der Waals surface area contributed by atoms with Gasteiger partial charge in [-0.3, -0.25) is 9.59 Å². The number of carbonyl (C=O) groups is 2. The largest absolute Gasteiger partial charge is 0.341 e. The first kappa shape index (κ1) is 22.4. The van der Waals surface area contributed by atoms with Crippen LogP contribution in [0.25, 0.3) is 0 Å². The standard InChI is InChI=1S/C20H31N3O4S/c1-4-6-17-7-5-13-23(14-12-17)20(25)15(2)22-28(26,27)19-10-8-18(9-11-19)21-16(3)24/h8-11,15,17,22H,4-7,12-14H2,1-3H3,(H,21,24)/t15-,17-/m0/s1. The molecule has 0 unspecified atom stereocenters. The Morgan fingerprint density at radius 3 is 2.46 bits per heavy atom. The van der Waals surface area contributed by atoms with Gasteiger partial charge < -0.3 is 10.2 Å². The van der Waals surface area contributed by atoms with Crippen molar-refractivity contribution in [3.63, 3.8) is 0 Å². The van der Waals surface area contributed by atoms with Crippen LogP contribution in [0.5, 0.6) is 0 Å². The van der Waals surface area contributed by atoms with Crippen LogP contribution in [0.1, 0.15) is 52.9 Å². The van der Waals surface area contributed by atoms with Crippen LogP contribution in [0.2, 0.25) is 0 Å². The van der Waals surface area contributed by atoms with Crippen molar-refractivity contribution in [1.82, 2.24) is 9.62 Å². The molecule has 156 valence electrons. The lowest BCUT2D eigenvalue weighted by Crippen LogP contribution is -2.47. The summed E-state index contributed by atoms with van der Waals surface area (Å²) < 4.78 is 27.7. The number of sulfonamides is 1. The number of hydrogen-bond donors (Lipinski definition) is 2. The van der Waals surface area contributed by atoms with Gasteiger partial charge in [0.2, 0.25) is 21.8 Å². The second kappa shape index (κ2) is 10.0. The second-order valence-electron chi connectivity index (χ2n) is 7.46. The summed E-state index contributed by atoms with van der Waals surface area (Å²) in [6, 6.07) is 5.02. The first-order valence-electron chi connectivity index (χ1n) is 9.91. The van der Waals surface area contributed by atoms with Crippen molar-refractivity contribution in [3.8, 4) is 0 Å². The van der Waals surface area contributed by atoms with Crippen LogP contribution in [0.15, 0.2) is 29.2 Å². The number of nitrogens with one attached hydrogen (secondary N) is 2. The first-order valence-corrected chi connectivity index (χ1v) is 11.4. The van der Waals surface area contributed by atoms with E-state index in [0.29, 0.717) is 24.7 Å². The van der Waals surface area contributed by atoms with Crippen LogP contribution in [-0.2, 0) is 19.6 Å². The number of anilines is 1. The molecule has 0 bridgehead atoms. The summed E-state index contributed by atoms with van der Waals surface area (Å²) >= 11 is 0. The Morgan fingerprint density at radius 1 is 1.18 bits per heavy atom. The second-order valence-corrected chi connectivity index (χ2v) is 9.17. The minimum atomic E-state index is -3.83. The zero-order valence-electron chi connectivity index (χ0n) is 16.9. The maximum atomic E-state index is 12.8. The van der Waals surface area contributed by atoms with E-state index in [4.69, 9.17) is 0 Å². The van der Waals surface area contributed by atoms with Gasteiger partial charge >= 0.3 is 0 Å². The molecule has 1 aromatic rings. The molecule has 0 spiro atoms. The fourth-order valence-corrected chi connectivity index (χ4v) is 4.83. The SMILES string of the molecule is CCC[C@H]1CCCN(C(=O)[C@H](C)NS(=O)(=O)c2ccc(NC(C)=O)cc2)CC1. The Hall–Kier alpha value is -1.93. The van der Waals surface area contributed by atoms with Crippen molar-refractivity contribution in [1.29, 1.82) is 0 Å². The highest BCUT2D eigenvalue weighted by Gasteiger charge is 2.27. The molecular weight excluding hydrogens is 378 g/mol. The van der Waals surface area contributed by atoms with Gasteiger partial charge in [-0.05, 0) is 56.4 Å². The number of amides is 2. The van der Waals surface area contributed by atoms with E-state index in [1.54, 1.807) is 11.8 Å². The highest BCUT2D eigenvalue weighted by molar-refractivity contribution is 7.89. The zero-order valence-corrected chi connectivity index (χ0v) is 17.7. The summed E-state index contributed by atoms with van der Waals surface area (Å²) in [6.45, 7) is 6.50. The van der Waals surface area contributed by atoms with E-state index in [1.165, 1.54) is 37.6 Å². The lowest BCUT2D eigenvalue weighted by Gasteiger charge is -2.25. The highest BCUT2D eigenvalue weighted by atomic mass is 32.2. The van der Waals surface area contributed by atoms with Crippen LogP contribution >= 0.6 is 0 Å². The van der Waals surface area contributed by atoms with Gasteiger partial charge in [-0.2, -0.15) is 4.72 Å². The molecule has 1 heterocycles. The Bertz CT molecular complexity index is 777. The lowest BCUT2D eigenvalue weighted by molar-refractivity contribution is -0.132. The highest BCUT2D eigenvalue weighted by Crippen LogP contribution is 2.22. The summed E-state index contributed by atoms with van der Waals surface area (Å²) in [4.78, 5) is 25.7. The molecular formula is C20H31N3O4S. The topological polar surface area (TPSA) is 95.6 Å². The van der Waals surface area contributed by atoms with Crippen LogP contribution in [0, 0.1) is 5.92 Å². The van der Waals surface area contributed by atoms with Gasteiger partial charge in [-0.15, -0.1) is 0 Å². The Kier molecular flexibility index (Phi) is 8.00. The minimum absolute atomic E-state index is 0.0557. The molecule has 0 saturated carbocycles. The van der Waals surface area contributed by atoms with E-state index in [2.05, 4.69) is 17.0 Å². The predicted molar refractivity (Wildman–Crippen MR) is 109 cm³/mol. The maximum Gasteiger partial charge on any atom is 0.241 e. The van der Waals surface area contributed by atoms with Gasteiger partial charge in [0.05, 0.1) is 10.9 Å². The molecule has 0 radical (unpaired) electrons. The van der Waals surface area contributed by atoms with E-state index < -0.39 is 16.1 Å². The smallest absolute Gasteiger partial charge is 0.241 e. The van der Waals surface area contributed by atoms with Crippen LogP contribution in [0.3, 0.4) is 0 Å². The van der Waals surface area contributed by atoms with Crippen LogP contribution < -0.4 is 10.0 Å². The quantitative estimate of drug-likeness (QED) is 0.724. The monoisotopic (exact) mass is 409 g/mol. The predicted octanol–water partition coefficient (Wildman–Crippen LogP) is 2.74. The maximum absolute atomic E-state index is 12.8. The molecule has 1 aliphatic heterocycles. The molecule has 28 heavy (non-hydrogen) atoms. The van der Waals surface area contributed by atoms with Gasteiger partial charge in [0, 0.05) is 25.7 Å². The van der Waals surface area contributed by atoms with Crippen LogP contribution in [-0.4, -0.2) is 44.3 Å². The van der Waals surface area contributed by atoms with Crippen molar-refractivity contribution >= 4 is 27.5 Å². The van der Waals surface area contributed by atoms with Crippen molar-refractivity contribution in [3.05, 3.63) is 24.3 Å². The molecule has 8 heteroatoms. The van der Waals surface area contributed by atoms with Crippen molar-refractivity contribution in [2.24, 2.45) is 5.92 Å². The fourth-order valence-electron chi connectivity index (χ4n) is 3.63. The first-order chi connectivity index (χ1) is 13.2. The number of likely N-dealkylation sites (tertiary alicyclic amines) is 1. The summed E-state index contributed by atoms with van der Waals surface area (Å²) in [5, 5.41) is 2.59. The summed E-state index contributed by atoms with van der Waals surface area (Å²) in [6.07, 6.45) is 5.39. The van der Waals surface area contributed by atoms with E-state index in [0.717, 1.165) is 25.7 Å². The van der Waals surface area contributed by atoms with E-state index >= 15 is 0 Å². The molecule has 1 aromatic carbocycles. The van der Waals surface area contributed by atoms with Gasteiger partial charge in [0.25, 0.3) is 0 Å². The van der Waals surface area contributed by atoms with Crippen molar-refractivity contribution < 1.29 is 18.0 Å². The van der Waals surface area contributed by atoms with E-state index in [9.17, 15) is 18.0 Å². The molecule has 7 nitrogen and oxygen atoms in total. The lowest BCUT2D eigenvalue weighted by atomic mass is 9.96. The van der Waals surface area contributed by atoms with Gasteiger partial charge in [0.1, 0.15) is 0 Å². The van der Waals surface area contributed by atoms with Crippen molar-refractivity contribution in [2.75, 3.05) is 18.4 Å². The summed E-state index contributed by atoms with van der Waals surface area (Å²) in [5.74, 6) is 0.235. The molecule has 1 saturated heterocycles. The molecule has 2 amide bonds. The van der Waals surface area contributed by atoms with Gasteiger partial charge in [-0.25, -0.2) is 8.42 Å². The van der Waals surface area contributed by atoms with Crippen molar-refractivity contribution in [2.45, 2.75) is 63.8 Å². The number of carbonyl (C=O) groups excluding carboxylic acids is 2. The Morgan fingerprint density at radius 2 is 1.86 bits per heavy atom. The average Bonchev–Trinajstić information content (AvgIpc) is 2.86. The van der Waals surface area contributed by atoms with Gasteiger partial charge in [0.15, 0.2) is 0 Å². The molecule has 2 rings (SSSR count). The third kappa shape index (κ3) is 6.31. The molecule has 0 aromatic heterocycles. The number of benzene rings is 1. The number of hydrogen-bond acceptors (Lipinski definition) is 4. The van der Waals surface area contributed by atoms with Gasteiger partial charge in [-0.1, -0.05) is 19.8 Å². The molecule has 1 aliphatic rings. The number of rotatable bonds is 7. The molecule has 0 aliphatic carbocycles. The normalized spacial score (nSPS) is 19.0. The molecule has 2 atom stereocenters. The Balaban J connectivity index is 1.99. The zero-order chi connectivity index (χ0) is 20.7. The van der Waals surface area contributed by atoms with Crippen LogP contribution in [0.4, 0.5) is 5.69 Å². The van der Waals surface area contributed by atoms with E-state index in [1.807, 2.05) is 0 Å². The van der Waals surface area contributed by atoms with E-state index in [-0.39, 0.29) is 16.7 Å². The summed E-state index contributed by atoms with van der Waals surface area (Å²) in [5.41, 5.74) is 0.516. The fraction of sp³-hybridized carbons (Fsp3) is 0.600. The third-order valence-electron chi connectivity index (χ3n) is 5.04. The summed E-state index contributed by atoms with van der Waals surface area (Å²) in [7, 11) is -3.83. The third-order valence-corrected chi connectivity index (χ3v) is 6.60. The number of nitrogens with zero attached hydrogens (tertiary/aromatic N) is 1. The minimum Gasteiger partial charge on any atom is -0.341 e. The molecule has 1 fully saturated rings. The average molecular weight is 410 g/mol. The molecule has 2 N–H and O–H groups in total.